The molecule has 0 aromatic heterocycles. The molecule has 0 heterocycles. The zero-order valence-electron chi connectivity index (χ0n) is 10.7. The van der Waals surface area contributed by atoms with Crippen LogP contribution < -0.4 is 0 Å². The normalized spacial score (nSPS) is 10.1. The van der Waals surface area contributed by atoms with Gasteiger partial charge in [0.2, 0.25) is 0 Å². The van der Waals surface area contributed by atoms with Crippen molar-refractivity contribution in [3.63, 3.8) is 0 Å². The number of aryl methyl sites for hydroxylation is 1. The molecule has 3 aromatic carbocycles. The van der Waals surface area contributed by atoms with Crippen molar-refractivity contribution in [1.29, 1.82) is 0 Å². The van der Waals surface area contributed by atoms with Crippen molar-refractivity contribution in [3.05, 3.63) is 60.2 Å². The predicted octanol–water partition coefficient (Wildman–Crippen LogP) is 5.33. The molecule has 0 atom stereocenters. The zero-order chi connectivity index (χ0) is 12.3. The van der Waals surface area contributed by atoms with Gasteiger partial charge < -0.3 is 0 Å². The van der Waals surface area contributed by atoms with Crippen LogP contribution >= 0.6 is 0 Å². The molecular formula is C17H18. The third-order valence-electron chi connectivity index (χ3n) is 3.04. The second-order valence-electron chi connectivity index (χ2n) is 3.94. The summed E-state index contributed by atoms with van der Waals surface area (Å²) >= 11 is 0. The van der Waals surface area contributed by atoms with Crippen LogP contribution in [0.1, 0.15) is 19.4 Å². The first-order valence-electron chi connectivity index (χ1n) is 6.23. The van der Waals surface area contributed by atoms with Gasteiger partial charge in [0.05, 0.1) is 0 Å². The van der Waals surface area contributed by atoms with E-state index in [4.69, 9.17) is 0 Å². The van der Waals surface area contributed by atoms with Gasteiger partial charge in [-0.25, -0.2) is 0 Å². The third kappa shape index (κ3) is 2.03. The lowest BCUT2D eigenvalue weighted by atomic mass is 9.98. The fourth-order valence-corrected chi connectivity index (χ4v) is 2.24. The van der Waals surface area contributed by atoms with Crippen LogP contribution in [-0.4, -0.2) is 0 Å². The topological polar surface area (TPSA) is 0 Å². The molecule has 0 spiro atoms. The van der Waals surface area contributed by atoms with E-state index in [0.717, 1.165) is 0 Å². The molecule has 0 unspecified atom stereocenters. The molecule has 0 amide bonds. The minimum atomic E-state index is 1.33. The van der Waals surface area contributed by atoms with Crippen molar-refractivity contribution >= 4 is 21.5 Å². The maximum atomic E-state index is 2.26. The Kier molecular flexibility index (Phi) is 3.43. The van der Waals surface area contributed by atoms with E-state index >= 15 is 0 Å². The van der Waals surface area contributed by atoms with Crippen molar-refractivity contribution in [2.75, 3.05) is 0 Å². The van der Waals surface area contributed by atoms with Gasteiger partial charge in [-0.3, -0.25) is 0 Å². The summed E-state index contributed by atoms with van der Waals surface area (Å²) in [7, 11) is 0. The molecular weight excluding hydrogens is 204 g/mol. The third-order valence-corrected chi connectivity index (χ3v) is 3.04. The quantitative estimate of drug-likeness (QED) is 0.451. The average Bonchev–Trinajstić information content (AvgIpc) is 2.41. The maximum Gasteiger partial charge on any atom is -0.0148 e. The van der Waals surface area contributed by atoms with Crippen LogP contribution in [0.4, 0.5) is 0 Å². The number of hydrogen-bond acceptors (Lipinski definition) is 0. The van der Waals surface area contributed by atoms with Crippen LogP contribution in [0.5, 0.6) is 0 Å². The summed E-state index contributed by atoms with van der Waals surface area (Å²) in [4.78, 5) is 0. The molecule has 0 saturated carbocycles. The highest BCUT2D eigenvalue weighted by molar-refractivity contribution is 6.01. The lowest BCUT2D eigenvalue weighted by Crippen LogP contribution is -1.81. The summed E-state index contributed by atoms with van der Waals surface area (Å²) in [6, 6.07) is 19.4. The van der Waals surface area contributed by atoms with Crippen LogP contribution in [0, 0.1) is 6.92 Å². The van der Waals surface area contributed by atoms with E-state index in [1.807, 2.05) is 13.8 Å². The van der Waals surface area contributed by atoms with E-state index < -0.39 is 0 Å². The number of hydrogen-bond donors (Lipinski definition) is 0. The van der Waals surface area contributed by atoms with Gasteiger partial charge in [-0.1, -0.05) is 62.4 Å². The van der Waals surface area contributed by atoms with E-state index in [-0.39, 0.29) is 0 Å². The Morgan fingerprint density at radius 1 is 0.647 bits per heavy atom. The Labute approximate surface area is 103 Å². The van der Waals surface area contributed by atoms with Crippen LogP contribution in [0.3, 0.4) is 0 Å². The van der Waals surface area contributed by atoms with Crippen molar-refractivity contribution in [2.45, 2.75) is 20.8 Å². The highest BCUT2D eigenvalue weighted by Crippen LogP contribution is 2.27. The Bertz CT molecular complexity index is 582. The lowest BCUT2D eigenvalue weighted by Gasteiger charge is -2.06. The summed E-state index contributed by atoms with van der Waals surface area (Å²) in [5, 5.41) is 5.37. The van der Waals surface area contributed by atoms with Crippen LogP contribution in [0.25, 0.3) is 21.5 Å². The monoisotopic (exact) mass is 222 g/mol. The van der Waals surface area contributed by atoms with E-state index in [1.165, 1.54) is 27.1 Å². The van der Waals surface area contributed by atoms with Crippen LogP contribution in [-0.2, 0) is 0 Å². The van der Waals surface area contributed by atoms with Crippen LogP contribution in [0.15, 0.2) is 54.6 Å². The van der Waals surface area contributed by atoms with E-state index in [2.05, 4.69) is 61.5 Å². The van der Waals surface area contributed by atoms with Gasteiger partial charge in [-0.2, -0.15) is 0 Å². The highest BCUT2D eigenvalue weighted by atomic mass is 14.1. The average molecular weight is 222 g/mol. The molecule has 0 aliphatic heterocycles. The number of fused-ring (bicyclic) bond motifs is 2. The molecule has 0 aliphatic rings. The van der Waals surface area contributed by atoms with Crippen molar-refractivity contribution in [2.24, 2.45) is 0 Å². The molecule has 0 saturated heterocycles. The second kappa shape index (κ2) is 5.01. The van der Waals surface area contributed by atoms with Gasteiger partial charge in [0, 0.05) is 0 Å². The Balaban J connectivity index is 0.000000514. The van der Waals surface area contributed by atoms with Crippen LogP contribution in [0.2, 0.25) is 0 Å². The van der Waals surface area contributed by atoms with E-state index in [9.17, 15) is 0 Å². The fraction of sp³-hybridized carbons (Fsp3) is 0.176. The molecule has 86 valence electrons. The van der Waals surface area contributed by atoms with Crippen molar-refractivity contribution < 1.29 is 0 Å². The molecule has 0 bridgehead atoms. The molecule has 0 aliphatic carbocycles. The highest BCUT2D eigenvalue weighted by Gasteiger charge is 2.01. The van der Waals surface area contributed by atoms with Gasteiger partial charge in [0.15, 0.2) is 0 Å². The first kappa shape index (κ1) is 11.7. The molecule has 0 heteroatoms. The van der Waals surface area contributed by atoms with Gasteiger partial charge in [0.25, 0.3) is 0 Å². The molecule has 17 heavy (non-hydrogen) atoms. The molecule has 0 nitrogen and oxygen atoms in total. The Morgan fingerprint density at radius 3 is 1.53 bits per heavy atom. The van der Waals surface area contributed by atoms with Gasteiger partial charge >= 0.3 is 0 Å². The molecule has 0 fully saturated rings. The van der Waals surface area contributed by atoms with Crippen molar-refractivity contribution in [1.82, 2.24) is 0 Å². The maximum absolute atomic E-state index is 2.26. The van der Waals surface area contributed by atoms with Crippen molar-refractivity contribution in [3.8, 4) is 0 Å². The second-order valence-corrected chi connectivity index (χ2v) is 3.94. The summed E-state index contributed by atoms with van der Waals surface area (Å²) in [6.07, 6.45) is 0. The zero-order valence-corrected chi connectivity index (χ0v) is 10.7. The standard InChI is InChI=1S/C15H12.C2H6/c1-11-14-8-4-2-6-12(14)10-13-7-3-5-9-15(11)13;1-2/h2-10H,1H3;1-2H3. The van der Waals surface area contributed by atoms with E-state index in [1.54, 1.807) is 0 Å². The minimum Gasteiger partial charge on any atom is -0.0683 e. The molecule has 0 N–H and O–H groups in total. The predicted molar refractivity (Wildman–Crippen MR) is 77.5 cm³/mol. The smallest absolute Gasteiger partial charge is 0.0148 e. The first-order chi connectivity index (χ1) is 8.36. The Morgan fingerprint density at radius 2 is 1.06 bits per heavy atom. The lowest BCUT2D eigenvalue weighted by molar-refractivity contribution is 1.50. The summed E-state index contributed by atoms with van der Waals surface area (Å²) in [5.74, 6) is 0. The van der Waals surface area contributed by atoms with E-state index in [0.29, 0.717) is 0 Å². The molecule has 3 aromatic rings. The first-order valence-corrected chi connectivity index (χ1v) is 6.23. The molecule has 0 radical (unpaired) electrons. The van der Waals surface area contributed by atoms with Gasteiger partial charge in [-0.15, -0.1) is 0 Å². The summed E-state index contributed by atoms with van der Waals surface area (Å²) in [5.41, 5.74) is 1.38. The summed E-state index contributed by atoms with van der Waals surface area (Å²) in [6.45, 7) is 6.20. The Hall–Kier alpha value is -1.82. The SMILES string of the molecule is CC.Cc1c2ccccc2cc2ccccc12. The largest absolute Gasteiger partial charge is 0.0683 e. The minimum absolute atomic E-state index is 1.33. The van der Waals surface area contributed by atoms with Gasteiger partial charge in [-0.05, 0) is 40.1 Å². The summed E-state index contributed by atoms with van der Waals surface area (Å²) < 4.78 is 0. The number of benzene rings is 3. The number of rotatable bonds is 0. The van der Waals surface area contributed by atoms with Gasteiger partial charge in [0.1, 0.15) is 0 Å². The fourth-order valence-electron chi connectivity index (χ4n) is 2.24. The molecule has 3 rings (SSSR count).